The van der Waals surface area contributed by atoms with Gasteiger partial charge in [0.1, 0.15) is 0 Å². The Kier molecular flexibility index (Phi) is 3.92. The molecule has 0 atom stereocenters. The first-order valence-electron chi connectivity index (χ1n) is 4.91. The van der Waals surface area contributed by atoms with Crippen LogP contribution in [0.5, 0.6) is 0 Å². The highest BCUT2D eigenvalue weighted by atomic mass is 16.4. The van der Waals surface area contributed by atoms with Gasteiger partial charge in [0.15, 0.2) is 0 Å². The summed E-state index contributed by atoms with van der Waals surface area (Å²) in [6, 6.07) is 5.39. The topological polar surface area (TPSA) is 49.3 Å². The lowest BCUT2D eigenvalue weighted by atomic mass is 10.1. The third-order valence-electron chi connectivity index (χ3n) is 2.08. The summed E-state index contributed by atoms with van der Waals surface area (Å²) in [4.78, 5) is 11.0. The zero-order chi connectivity index (χ0) is 11.3. The average molecular weight is 205 g/mol. The summed E-state index contributed by atoms with van der Waals surface area (Å²) >= 11 is 0. The number of nitrogens with one attached hydrogen (secondary N) is 1. The fourth-order valence-electron chi connectivity index (χ4n) is 1.34. The van der Waals surface area contributed by atoms with Crippen molar-refractivity contribution in [2.75, 3.05) is 5.32 Å². The van der Waals surface area contributed by atoms with E-state index in [0.29, 0.717) is 11.3 Å². The molecule has 0 unspecified atom stereocenters. The minimum Gasteiger partial charge on any atom is -0.478 e. The van der Waals surface area contributed by atoms with E-state index >= 15 is 0 Å². The van der Waals surface area contributed by atoms with Crippen LogP contribution in [0.4, 0.5) is 5.69 Å². The van der Waals surface area contributed by atoms with E-state index in [1.54, 1.807) is 25.3 Å². The van der Waals surface area contributed by atoms with Gasteiger partial charge in [-0.3, -0.25) is 0 Å². The quantitative estimate of drug-likeness (QED) is 0.794. The largest absolute Gasteiger partial charge is 0.478 e. The number of hydrogen-bond acceptors (Lipinski definition) is 2. The van der Waals surface area contributed by atoms with Crippen LogP contribution in [-0.4, -0.2) is 11.1 Å². The molecule has 0 aliphatic carbocycles. The van der Waals surface area contributed by atoms with E-state index in [2.05, 4.69) is 5.32 Å². The van der Waals surface area contributed by atoms with E-state index in [4.69, 9.17) is 5.11 Å². The van der Waals surface area contributed by atoms with Gasteiger partial charge in [0.2, 0.25) is 0 Å². The average Bonchev–Trinajstić information content (AvgIpc) is 2.17. The third-order valence-corrected chi connectivity index (χ3v) is 2.08. The van der Waals surface area contributed by atoms with Gasteiger partial charge < -0.3 is 10.4 Å². The predicted octanol–water partition coefficient (Wildman–Crippen LogP) is 3.03. The molecule has 0 heterocycles. The van der Waals surface area contributed by atoms with E-state index in [-0.39, 0.29) is 0 Å². The van der Waals surface area contributed by atoms with Gasteiger partial charge in [0.05, 0.1) is 11.3 Å². The van der Waals surface area contributed by atoms with Crippen LogP contribution >= 0.6 is 0 Å². The molecule has 3 nitrogen and oxygen atoms in total. The first kappa shape index (κ1) is 11.3. The number of benzene rings is 1. The lowest BCUT2D eigenvalue weighted by Gasteiger charge is -2.07. The summed E-state index contributed by atoms with van der Waals surface area (Å²) in [6.07, 6.45) is 4.62. The Hall–Kier alpha value is -1.77. The van der Waals surface area contributed by atoms with Crippen LogP contribution in [0.1, 0.15) is 29.3 Å². The van der Waals surface area contributed by atoms with Crippen LogP contribution in [0.2, 0.25) is 0 Å². The molecule has 2 N–H and O–H groups in total. The Bertz CT molecular complexity index is 383. The highest BCUT2D eigenvalue weighted by Crippen LogP contribution is 2.19. The number of anilines is 1. The predicted molar refractivity (Wildman–Crippen MR) is 61.2 cm³/mol. The van der Waals surface area contributed by atoms with Crippen LogP contribution in [-0.2, 0) is 0 Å². The molecule has 15 heavy (non-hydrogen) atoms. The SMILES string of the molecule is CCC=CNc1cccc(C)c1C(=O)O. The maximum absolute atomic E-state index is 11.0. The summed E-state index contributed by atoms with van der Waals surface area (Å²) < 4.78 is 0. The molecule has 0 amide bonds. The maximum atomic E-state index is 11.0. The maximum Gasteiger partial charge on any atom is 0.338 e. The van der Waals surface area contributed by atoms with Crippen molar-refractivity contribution < 1.29 is 9.90 Å². The van der Waals surface area contributed by atoms with Gasteiger partial charge in [-0.05, 0) is 31.2 Å². The number of allylic oxidation sites excluding steroid dienone is 1. The van der Waals surface area contributed by atoms with Gasteiger partial charge in [-0.25, -0.2) is 4.79 Å². The molecule has 0 bridgehead atoms. The number of hydrogen-bond donors (Lipinski definition) is 2. The number of rotatable bonds is 4. The van der Waals surface area contributed by atoms with Crippen molar-refractivity contribution in [1.82, 2.24) is 0 Å². The molecule has 1 aromatic carbocycles. The smallest absolute Gasteiger partial charge is 0.338 e. The monoisotopic (exact) mass is 205 g/mol. The van der Waals surface area contributed by atoms with Crippen molar-refractivity contribution in [3.8, 4) is 0 Å². The third kappa shape index (κ3) is 2.84. The first-order chi connectivity index (χ1) is 7.16. The van der Waals surface area contributed by atoms with Gasteiger partial charge in [0.25, 0.3) is 0 Å². The van der Waals surface area contributed by atoms with Crippen LogP contribution < -0.4 is 5.32 Å². The van der Waals surface area contributed by atoms with Crippen molar-refractivity contribution in [2.24, 2.45) is 0 Å². The number of carboxylic acids is 1. The van der Waals surface area contributed by atoms with Gasteiger partial charge in [-0.2, -0.15) is 0 Å². The molecular formula is C12H15NO2. The molecule has 0 aromatic heterocycles. The number of aromatic carboxylic acids is 1. The van der Waals surface area contributed by atoms with Crippen molar-refractivity contribution in [3.63, 3.8) is 0 Å². The van der Waals surface area contributed by atoms with E-state index in [9.17, 15) is 4.79 Å². The molecule has 1 aromatic rings. The molecule has 0 aliphatic rings. The molecule has 1 rings (SSSR count). The zero-order valence-electron chi connectivity index (χ0n) is 8.95. The standard InChI is InChI=1S/C12H15NO2/c1-3-4-8-13-10-7-5-6-9(2)11(10)12(14)15/h4-8,13H,3H2,1-2H3,(H,14,15). The fraction of sp³-hybridized carbons (Fsp3) is 0.250. The molecule has 0 saturated heterocycles. The summed E-state index contributed by atoms with van der Waals surface area (Å²) in [6.45, 7) is 3.81. The van der Waals surface area contributed by atoms with Gasteiger partial charge in [-0.15, -0.1) is 0 Å². The van der Waals surface area contributed by atoms with Crippen molar-refractivity contribution >= 4 is 11.7 Å². The van der Waals surface area contributed by atoms with Gasteiger partial charge in [-0.1, -0.05) is 25.1 Å². The lowest BCUT2D eigenvalue weighted by Crippen LogP contribution is -2.04. The second-order valence-electron chi connectivity index (χ2n) is 3.26. The fourth-order valence-corrected chi connectivity index (χ4v) is 1.34. The number of carbonyl (C=O) groups is 1. The number of aryl methyl sites for hydroxylation is 1. The Morgan fingerprint density at radius 3 is 2.87 bits per heavy atom. The molecule has 0 aliphatic heterocycles. The minimum atomic E-state index is -0.902. The minimum absolute atomic E-state index is 0.332. The van der Waals surface area contributed by atoms with Crippen LogP contribution in [0.15, 0.2) is 30.5 Å². The molecule has 0 saturated carbocycles. The van der Waals surface area contributed by atoms with E-state index in [1.807, 2.05) is 19.1 Å². The van der Waals surface area contributed by atoms with E-state index in [1.165, 1.54) is 0 Å². The summed E-state index contributed by atoms with van der Waals surface area (Å²) in [5, 5.41) is 12.0. The molecule has 0 fully saturated rings. The van der Waals surface area contributed by atoms with Crippen molar-refractivity contribution in [2.45, 2.75) is 20.3 Å². The Balaban J connectivity index is 3.01. The lowest BCUT2D eigenvalue weighted by molar-refractivity contribution is 0.0697. The van der Waals surface area contributed by atoms with Gasteiger partial charge >= 0.3 is 5.97 Å². The molecule has 0 radical (unpaired) electrons. The number of carboxylic acid groups (broad SMARTS) is 1. The highest BCUT2D eigenvalue weighted by molar-refractivity contribution is 5.96. The van der Waals surface area contributed by atoms with Crippen LogP contribution in [0.25, 0.3) is 0 Å². The normalized spacial score (nSPS) is 10.5. The second kappa shape index (κ2) is 5.20. The van der Waals surface area contributed by atoms with Crippen LogP contribution in [0, 0.1) is 6.92 Å². The molecule has 0 spiro atoms. The van der Waals surface area contributed by atoms with E-state index in [0.717, 1.165) is 12.0 Å². The summed E-state index contributed by atoms with van der Waals surface area (Å²) in [5.74, 6) is -0.902. The second-order valence-corrected chi connectivity index (χ2v) is 3.26. The molecule has 3 heteroatoms. The highest BCUT2D eigenvalue weighted by Gasteiger charge is 2.11. The van der Waals surface area contributed by atoms with Crippen molar-refractivity contribution in [3.05, 3.63) is 41.6 Å². The molecule has 80 valence electrons. The van der Waals surface area contributed by atoms with E-state index < -0.39 is 5.97 Å². The Morgan fingerprint density at radius 2 is 2.27 bits per heavy atom. The van der Waals surface area contributed by atoms with Gasteiger partial charge in [0, 0.05) is 0 Å². The van der Waals surface area contributed by atoms with Crippen molar-refractivity contribution in [1.29, 1.82) is 0 Å². The Morgan fingerprint density at radius 1 is 1.53 bits per heavy atom. The Labute approximate surface area is 89.4 Å². The summed E-state index contributed by atoms with van der Waals surface area (Å²) in [7, 11) is 0. The van der Waals surface area contributed by atoms with Crippen LogP contribution in [0.3, 0.4) is 0 Å². The zero-order valence-corrected chi connectivity index (χ0v) is 8.95. The first-order valence-corrected chi connectivity index (χ1v) is 4.91. The molecular weight excluding hydrogens is 190 g/mol. The summed E-state index contributed by atoms with van der Waals surface area (Å²) in [5.41, 5.74) is 1.72.